The quantitative estimate of drug-likeness (QED) is 0.189. The van der Waals surface area contributed by atoms with Gasteiger partial charge >= 0.3 is 5.97 Å². The lowest BCUT2D eigenvalue weighted by Crippen LogP contribution is -2.33. The summed E-state index contributed by atoms with van der Waals surface area (Å²) in [6, 6.07) is 6.63. The largest absolute Gasteiger partial charge is 0.507 e. The number of aliphatic hydroxyl groups is 1. The van der Waals surface area contributed by atoms with E-state index in [1.165, 1.54) is 0 Å². The average Bonchev–Trinajstić information content (AvgIpc) is 3.29. The van der Waals surface area contributed by atoms with Crippen LogP contribution in [-0.4, -0.2) is 70.3 Å². The zero-order valence-electron chi connectivity index (χ0n) is 21.5. The Morgan fingerprint density at radius 2 is 1.78 bits per heavy atom. The fourth-order valence-corrected chi connectivity index (χ4v) is 5.02. The smallest absolute Gasteiger partial charge is 0.355 e. The van der Waals surface area contributed by atoms with Crippen molar-refractivity contribution in [3.63, 3.8) is 0 Å². The second-order valence-electron chi connectivity index (χ2n) is 8.77. The maximum absolute atomic E-state index is 13.3. The van der Waals surface area contributed by atoms with Gasteiger partial charge < -0.3 is 24.6 Å². The van der Waals surface area contributed by atoms with Gasteiger partial charge in [-0.25, -0.2) is 4.79 Å². The number of H-pyrrole nitrogens is 1. The molecule has 1 amide bonds. The van der Waals surface area contributed by atoms with Gasteiger partial charge in [-0.15, -0.1) is 0 Å². The Bertz CT molecular complexity index is 1160. The molecule has 194 valence electrons. The third kappa shape index (κ3) is 5.42. The van der Waals surface area contributed by atoms with E-state index >= 15 is 0 Å². The van der Waals surface area contributed by atoms with Gasteiger partial charge in [0.15, 0.2) is 0 Å². The number of amides is 1. The summed E-state index contributed by atoms with van der Waals surface area (Å²) in [5.74, 6) is -2.21. The zero-order valence-corrected chi connectivity index (χ0v) is 23.1. The van der Waals surface area contributed by atoms with Crippen molar-refractivity contribution in [3.05, 3.63) is 62.4 Å². The standard InChI is InChI=1S/C27H34BrN3O5/c1-6-30(7-2)14-9-15-31-23(18-10-12-19(28)13-11-18)21(25(33)26(31)34)24(32)20-16(4)22(29-17(20)5)27(35)36-8-3/h10-13,23,29,32H,6-9,14-15H2,1-5H3. The molecule has 1 atom stereocenters. The van der Waals surface area contributed by atoms with E-state index in [1.807, 2.05) is 24.3 Å². The highest BCUT2D eigenvalue weighted by Gasteiger charge is 2.46. The highest BCUT2D eigenvalue weighted by molar-refractivity contribution is 9.10. The van der Waals surface area contributed by atoms with Crippen LogP contribution in [0.4, 0.5) is 0 Å². The van der Waals surface area contributed by atoms with E-state index in [1.54, 1.807) is 25.7 Å². The molecule has 9 heteroatoms. The molecule has 1 aromatic carbocycles. The Balaban J connectivity index is 2.10. The highest BCUT2D eigenvalue weighted by Crippen LogP contribution is 2.41. The molecule has 1 saturated heterocycles. The van der Waals surface area contributed by atoms with Crippen LogP contribution in [0.2, 0.25) is 0 Å². The van der Waals surface area contributed by atoms with Crippen LogP contribution < -0.4 is 0 Å². The molecule has 1 aliphatic rings. The molecule has 1 unspecified atom stereocenters. The number of ketones is 1. The number of esters is 1. The van der Waals surface area contributed by atoms with Crippen molar-refractivity contribution in [2.75, 3.05) is 32.8 Å². The summed E-state index contributed by atoms with van der Waals surface area (Å²) < 4.78 is 5.98. The predicted molar refractivity (Wildman–Crippen MR) is 142 cm³/mol. The maximum atomic E-state index is 13.3. The SMILES string of the molecule is CCOC(=O)c1[nH]c(C)c(C(O)=C2C(=O)C(=O)N(CCCN(CC)CC)C2c2ccc(Br)cc2)c1C. The predicted octanol–water partition coefficient (Wildman–Crippen LogP) is 4.72. The summed E-state index contributed by atoms with van der Waals surface area (Å²) in [5, 5.41) is 11.5. The maximum Gasteiger partial charge on any atom is 0.355 e. The molecule has 1 fully saturated rings. The first kappa shape index (κ1) is 27.7. The van der Waals surface area contributed by atoms with E-state index in [2.05, 4.69) is 39.7 Å². The molecule has 2 N–H and O–H groups in total. The van der Waals surface area contributed by atoms with Crippen molar-refractivity contribution >= 4 is 39.3 Å². The number of aromatic nitrogens is 1. The van der Waals surface area contributed by atoms with Crippen molar-refractivity contribution in [1.82, 2.24) is 14.8 Å². The minimum absolute atomic E-state index is 0.0192. The number of likely N-dealkylation sites (tertiary alicyclic amines) is 1. The first-order chi connectivity index (χ1) is 17.2. The van der Waals surface area contributed by atoms with Gasteiger partial charge in [-0.2, -0.15) is 0 Å². The molecule has 8 nitrogen and oxygen atoms in total. The van der Waals surface area contributed by atoms with Crippen LogP contribution in [0, 0.1) is 13.8 Å². The highest BCUT2D eigenvalue weighted by atomic mass is 79.9. The molecule has 2 heterocycles. The molecule has 0 aliphatic carbocycles. The molecule has 1 aliphatic heterocycles. The number of hydrogen-bond donors (Lipinski definition) is 2. The lowest BCUT2D eigenvalue weighted by atomic mass is 9.94. The van der Waals surface area contributed by atoms with Crippen LogP contribution in [0.1, 0.15) is 66.1 Å². The number of benzene rings is 1. The normalized spacial score (nSPS) is 17.3. The summed E-state index contributed by atoms with van der Waals surface area (Å²) in [7, 11) is 0. The van der Waals surface area contributed by atoms with E-state index < -0.39 is 23.7 Å². The monoisotopic (exact) mass is 559 g/mol. The van der Waals surface area contributed by atoms with Crippen LogP contribution in [0.25, 0.3) is 5.76 Å². The van der Waals surface area contributed by atoms with Gasteiger partial charge in [-0.05, 0) is 70.1 Å². The van der Waals surface area contributed by atoms with Crippen LogP contribution in [0.3, 0.4) is 0 Å². The number of ether oxygens (including phenoxy) is 1. The molecular formula is C27H34BrN3O5. The van der Waals surface area contributed by atoms with Crippen molar-refractivity contribution in [3.8, 4) is 0 Å². The number of aromatic amines is 1. The zero-order chi connectivity index (χ0) is 26.6. The first-order valence-corrected chi connectivity index (χ1v) is 13.1. The summed E-state index contributed by atoms with van der Waals surface area (Å²) >= 11 is 3.43. The van der Waals surface area contributed by atoms with E-state index in [9.17, 15) is 19.5 Å². The number of carbonyl (C=O) groups is 3. The van der Waals surface area contributed by atoms with Crippen LogP contribution in [-0.2, 0) is 14.3 Å². The number of hydrogen-bond acceptors (Lipinski definition) is 6. The fourth-order valence-electron chi connectivity index (χ4n) is 4.75. The minimum Gasteiger partial charge on any atom is -0.507 e. The fraction of sp³-hybridized carbons (Fsp3) is 0.444. The van der Waals surface area contributed by atoms with Crippen LogP contribution in [0.5, 0.6) is 0 Å². The van der Waals surface area contributed by atoms with Gasteiger partial charge in [0.25, 0.3) is 11.7 Å². The molecule has 3 rings (SSSR count). The van der Waals surface area contributed by atoms with Gasteiger partial charge in [0.05, 0.1) is 18.2 Å². The van der Waals surface area contributed by atoms with Gasteiger partial charge in [0.2, 0.25) is 0 Å². The molecule has 36 heavy (non-hydrogen) atoms. The van der Waals surface area contributed by atoms with Gasteiger partial charge in [-0.1, -0.05) is 41.9 Å². The summed E-state index contributed by atoms with van der Waals surface area (Å²) in [6.45, 7) is 12.5. The lowest BCUT2D eigenvalue weighted by molar-refractivity contribution is -0.140. The van der Waals surface area contributed by atoms with Gasteiger partial charge in [-0.3, -0.25) is 9.59 Å². The molecule has 0 saturated carbocycles. The Labute approximate surface area is 220 Å². The second kappa shape index (κ2) is 11.9. The Kier molecular flexibility index (Phi) is 9.13. The molecule has 2 aromatic rings. The summed E-state index contributed by atoms with van der Waals surface area (Å²) in [5.41, 5.74) is 2.26. The topological polar surface area (TPSA) is 103 Å². The van der Waals surface area contributed by atoms with Gasteiger partial charge in [0, 0.05) is 22.3 Å². The third-order valence-electron chi connectivity index (χ3n) is 6.65. The Morgan fingerprint density at radius 3 is 2.36 bits per heavy atom. The first-order valence-electron chi connectivity index (χ1n) is 12.3. The second-order valence-corrected chi connectivity index (χ2v) is 9.69. The van der Waals surface area contributed by atoms with Crippen LogP contribution in [0.15, 0.2) is 34.3 Å². The number of rotatable bonds is 10. The summed E-state index contributed by atoms with van der Waals surface area (Å²) in [4.78, 5) is 45.7. The number of Topliss-reactive ketones (excluding diaryl/α,β-unsaturated/α-hetero) is 1. The van der Waals surface area contributed by atoms with Crippen LogP contribution >= 0.6 is 15.9 Å². The third-order valence-corrected chi connectivity index (χ3v) is 7.18. The molecule has 0 bridgehead atoms. The lowest BCUT2D eigenvalue weighted by Gasteiger charge is -2.27. The minimum atomic E-state index is -0.741. The van der Waals surface area contributed by atoms with Crippen molar-refractivity contribution in [2.24, 2.45) is 0 Å². The Morgan fingerprint density at radius 1 is 1.14 bits per heavy atom. The molecule has 0 radical (unpaired) electrons. The molecule has 1 aromatic heterocycles. The number of halogens is 1. The van der Waals surface area contributed by atoms with E-state index in [-0.39, 0.29) is 23.6 Å². The van der Waals surface area contributed by atoms with Crippen molar-refractivity contribution in [1.29, 1.82) is 0 Å². The average molecular weight is 560 g/mol. The van der Waals surface area contributed by atoms with Crippen molar-refractivity contribution in [2.45, 2.75) is 47.1 Å². The Hall–Kier alpha value is -2.91. The van der Waals surface area contributed by atoms with E-state index in [0.29, 0.717) is 29.8 Å². The van der Waals surface area contributed by atoms with E-state index in [0.717, 1.165) is 29.7 Å². The van der Waals surface area contributed by atoms with E-state index in [4.69, 9.17) is 4.74 Å². The molecule has 0 spiro atoms. The number of aliphatic hydroxyl groups excluding tert-OH is 1. The number of aryl methyl sites for hydroxylation is 1. The number of carbonyl (C=O) groups excluding carboxylic acids is 3. The van der Waals surface area contributed by atoms with Crippen molar-refractivity contribution < 1.29 is 24.2 Å². The number of nitrogens with one attached hydrogen (secondary N) is 1. The van der Waals surface area contributed by atoms with Gasteiger partial charge in [0.1, 0.15) is 11.5 Å². The summed E-state index contributed by atoms with van der Waals surface area (Å²) in [6.07, 6.45) is 0.691. The number of nitrogens with zero attached hydrogens (tertiary/aromatic N) is 2. The molecular weight excluding hydrogens is 526 g/mol.